The second kappa shape index (κ2) is 8.69. The molecule has 0 aliphatic heterocycles. The van der Waals surface area contributed by atoms with Gasteiger partial charge in [0.25, 0.3) is 0 Å². The van der Waals surface area contributed by atoms with Crippen molar-refractivity contribution in [2.45, 2.75) is 6.61 Å². The number of methoxy groups -OCH3 is 1. The van der Waals surface area contributed by atoms with Crippen LogP contribution in [0, 0.1) is 0 Å². The number of benzene rings is 2. The number of ether oxygens (including phenoxy) is 3. The van der Waals surface area contributed by atoms with Gasteiger partial charge < -0.3 is 14.2 Å². The Morgan fingerprint density at radius 1 is 1.12 bits per heavy atom. The average molecular weight is 390 g/mol. The van der Waals surface area contributed by atoms with Crippen LogP contribution < -0.4 is 9.47 Å². The Morgan fingerprint density at radius 3 is 2.58 bits per heavy atom. The molecule has 1 heterocycles. The molecule has 1 aromatic heterocycles. The third-order valence-corrected chi connectivity index (χ3v) is 4.63. The third-order valence-electron chi connectivity index (χ3n) is 3.44. The smallest absolute Gasteiger partial charge is 0.344 e. The van der Waals surface area contributed by atoms with Gasteiger partial charge >= 0.3 is 5.97 Å². The highest BCUT2D eigenvalue weighted by Crippen LogP contribution is 2.26. The lowest BCUT2D eigenvalue weighted by molar-refractivity contribution is -0.147. The van der Waals surface area contributed by atoms with Gasteiger partial charge in [-0.15, -0.1) is 11.3 Å². The molecule has 0 atom stereocenters. The second-order valence-corrected chi connectivity index (χ2v) is 6.55. The van der Waals surface area contributed by atoms with E-state index in [1.165, 1.54) is 11.3 Å². The number of hydrogen-bond acceptors (Lipinski definition) is 6. The van der Waals surface area contributed by atoms with E-state index in [-0.39, 0.29) is 13.2 Å². The summed E-state index contributed by atoms with van der Waals surface area (Å²) in [7, 11) is 1.54. The molecule has 5 nitrogen and oxygen atoms in total. The van der Waals surface area contributed by atoms with E-state index < -0.39 is 5.97 Å². The van der Waals surface area contributed by atoms with E-state index in [1.807, 2.05) is 35.7 Å². The van der Waals surface area contributed by atoms with Gasteiger partial charge in [-0.25, -0.2) is 9.78 Å². The summed E-state index contributed by atoms with van der Waals surface area (Å²) in [5.74, 6) is 0.579. The second-order valence-electron chi connectivity index (χ2n) is 5.25. The minimum absolute atomic E-state index is 0.0954. The molecule has 26 heavy (non-hydrogen) atoms. The Bertz CT molecular complexity index is 879. The highest BCUT2D eigenvalue weighted by molar-refractivity contribution is 7.13. The van der Waals surface area contributed by atoms with E-state index in [0.717, 1.165) is 10.6 Å². The zero-order valence-corrected chi connectivity index (χ0v) is 15.5. The van der Waals surface area contributed by atoms with Crippen molar-refractivity contribution in [3.05, 3.63) is 64.6 Å². The maximum Gasteiger partial charge on any atom is 0.344 e. The topological polar surface area (TPSA) is 57.7 Å². The highest BCUT2D eigenvalue weighted by Gasteiger charge is 2.10. The van der Waals surface area contributed by atoms with Crippen LogP contribution in [0.25, 0.3) is 10.6 Å². The van der Waals surface area contributed by atoms with E-state index in [2.05, 4.69) is 4.98 Å². The molecule has 134 valence electrons. The van der Waals surface area contributed by atoms with Crippen LogP contribution in [0.3, 0.4) is 0 Å². The molecule has 0 saturated carbocycles. The molecule has 2 aromatic carbocycles. The summed E-state index contributed by atoms with van der Waals surface area (Å²) in [4.78, 5) is 16.3. The van der Waals surface area contributed by atoms with E-state index in [0.29, 0.717) is 22.2 Å². The third kappa shape index (κ3) is 4.74. The molecule has 3 aromatic rings. The summed E-state index contributed by atoms with van der Waals surface area (Å²) >= 11 is 7.37. The summed E-state index contributed by atoms with van der Waals surface area (Å²) in [5.41, 5.74) is 1.65. The number of halogens is 1. The maximum atomic E-state index is 11.9. The maximum absolute atomic E-state index is 11.9. The highest BCUT2D eigenvalue weighted by atomic mass is 35.5. The summed E-state index contributed by atoms with van der Waals surface area (Å²) in [6, 6.07) is 14.5. The van der Waals surface area contributed by atoms with Crippen molar-refractivity contribution in [2.75, 3.05) is 13.7 Å². The Morgan fingerprint density at radius 2 is 1.85 bits per heavy atom. The van der Waals surface area contributed by atoms with Crippen molar-refractivity contribution in [3.8, 4) is 22.1 Å². The minimum atomic E-state index is -0.475. The number of para-hydroxylation sites is 2. The monoisotopic (exact) mass is 389 g/mol. The number of hydrogen-bond donors (Lipinski definition) is 0. The van der Waals surface area contributed by atoms with Crippen LogP contribution in [-0.4, -0.2) is 24.7 Å². The van der Waals surface area contributed by atoms with E-state index in [4.69, 9.17) is 25.8 Å². The van der Waals surface area contributed by atoms with Crippen molar-refractivity contribution in [3.63, 3.8) is 0 Å². The Labute approximate surface area is 160 Å². The van der Waals surface area contributed by atoms with Crippen molar-refractivity contribution in [1.82, 2.24) is 4.98 Å². The Kier molecular flexibility index (Phi) is 6.09. The van der Waals surface area contributed by atoms with Crippen molar-refractivity contribution in [1.29, 1.82) is 0 Å². The van der Waals surface area contributed by atoms with Gasteiger partial charge in [-0.2, -0.15) is 0 Å². The molecule has 0 bridgehead atoms. The molecule has 0 fully saturated rings. The predicted octanol–water partition coefficient (Wildman–Crippen LogP) is 4.59. The number of nitrogens with zero attached hydrogens (tertiary/aromatic N) is 1. The van der Waals surface area contributed by atoms with Crippen molar-refractivity contribution >= 4 is 28.9 Å². The number of carbonyl (C=O) groups is 1. The molecular formula is C19H16ClNO4S. The molecule has 0 N–H and O–H groups in total. The van der Waals surface area contributed by atoms with Crippen LogP contribution in [0.5, 0.6) is 11.5 Å². The van der Waals surface area contributed by atoms with Crippen LogP contribution in [0.1, 0.15) is 5.69 Å². The van der Waals surface area contributed by atoms with Crippen LogP contribution in [0.2, 0.25) is 5.02 Å². The van der Waals surface area contributed by atoms with Crippen LogP contribution in [0.4, 0.5) is 0 Å². The predicted molar refractivity (Wildman–Crippen MR) is 101 cm³/mol. The summed E-state index contributed by atoms with van der Waals surface area (Å²) in [6.45, 7) is -0.104. The molecule has 0 aliphatic carbocycles. The Balaban J connectivity index is 1.51. The van der Waals surface area contributed by atoms with Gasteiger partial charge in [-0.3, -0.25) is 0 Å². The van der Waals surface area contributed by atoms with Gasteiger partial charge in [-0.1, -0.05) is 35.9 Å². The molecule has 0 spiro atoms. The summed E-state index contributed by atoms with van der Waals surface area (Å²) in [6.07, 6.45) is 0. The van der Waals surface area contributed by atoms with Gasteiger partial charge in [0.2, 0.25) is 0 Å². The first-order valence-corrected chi connectivity index (χ1v) is 9.03. The first-order chi connectivity index (χ1) is 12.7. The number of carbonyl (C=O) groups excluding carboxylic acids is 1. The summed E-state index contributed by atoms with van der Waals surface area (Å²) in [5, 5.41) is 3.38. The average Bonchev–Trinajstić information content (AvgIpc) is 3.14. The normalized spacial score (nSPS) is 10.4. The fourth-order valence-electron chi connectivity index (χ4n) is 2.17. The van der Waals surface area contributed by atoms with E-state index in [9.17, 15) is 4.79 Å². The number of esters is 1. The van der Waals surface area contributed by atoms with Crippen molar-refractivity contribution in [2.24, 2.45) is 0 Å². The van der Waals surface area contributed by atoms with Crippen LogP contribution in [-0.2, 0) is 16.1 Å². The van der Waals surface area contributed by atoms with Gasteiger partial charge in [0.1, 0.15) is 11.6 Å². The van der Waals surface area contributed by atoms with Crippen LogP contribution in [0.15, 0.2) is 53.9 Å². The van der Waals surface area contributed by atoms with Gasteiger partial charge in [0.05, 0.1) is 12.8 Å². The van der Waals surface area contributed by atoms with Gasteiger partial charge in [-0.05, 0) is 24.3 Å². The number of aromatic nitrogens is 1. The molecular weight excluding hydrogens is 374 g/mol. The fraction of sp³-hybridized carbons (Fsp3) is 0.158. The molecule has 0 amide bonds. The molecule has 7 heteroatoms. The molecule has 0 radical (unpaired) electrons. The first-order valence-electron chi connectivity index (χ1n) is 7.77. The van der Waals surface area contributed by atoms with E-state index >= 15 is 0 Å². The Hall–Kier alpha value is -2.57. The van der Waals surface area contributed by atoms with Crippen LogP contribution >= 0.6 is 22.9 Å². The molecule has 0 aliphatic rings. The lowest BCUT2D eigenvalue weighted by atomic mass is 10.2. The zero-order chi connectivity index (χ0) is 18.4. The zero-order valence-electron chi connectivity index (χ0n) is 14.0. The number of thiazole rings is 1. The minimum Gasteiger partial charge on any atom is -0.493 e. The fourth-order valence-corrected chi connectivity index (χ4v) is 3.11. The standard InChI is InChI=1S/C19H16ClNO4S/c1-23-16-4-2-3-5-17(16)24-11-18(22)25-10-15-12-26-19(21-15)13-6-8-14(20)9-7-13/h2-9,12H,10-11H2,1H3. The van der Waals surface area contributed by atoms with Gasteiger partial charge in [0.15, 0.2) is 18.1 Å². The SMILES string of the molecule is COc1ccccc1OCC(=O)OCc1csc(-c2ccc(Cl)cc2)n1. The molecule has 0 unspecified atom stereocenters. The molecule has 3 rings (SSSR count). The lowest BCUT2D eigenvalue weighted by Crippen LogP contribution is -2.15. The molecule has 0 saturated heterocycles. The van der Waals surface area contributed by atoms with Gasteiger partial charge in [0, 0.05) is 16.0 Å². The number of rotatable bonds is 7. The first kappa shape index (κ1) is 18.2. The quantitative estimate of drug-likeness (QED) is 0.553. The van der Waals surface area contributed by atoms with E-state index in [1.54, 1.807) is 25.3 Å². The summed E-state index contributed by atoms with van der Waals surface area (Å²) < 4.78 is 15.8. The largest absolute Gasteiger partial charge is 0.493 e. The lowest BCUT2D eigenvalue weighted by Gasteiger charge is -2.09. The van der Waals surface area contributed by atoms with Crippen molar-refractivity contribution < 1.29 is 19.0 Å².